The average molecular weight is 362 g/mol. The SMILES string of the molecule is O=C(NCCc1cn2ccccc2n1)c1ccc(F)cc1Br. The summed E-state index contributed by atoms with van der Waals surface area (Å²) >= 11 is 3.19. The topological polar surface area (TPSA) is 46.4 Å². The minimum Gasteiger partial charge on any atom is -0.352 e. The van der Waals surface area contributed by atoms with Crippen LogP contribution >= 0.6 is 15.9 Å². The maximum Gasteiger partial charge on any atom is 0.252 e. The van der Waals surface area contributed by atoms with Crippen molar-refractivity contribution >= 4 is 27.5 Å². The van der Waals surface area contributed by atoms with Gasteiger partial charge in [0.05, 0.1) is 11.3 Å². The summed E-state index contributed by atoms with van der Waals surface area (Å²) in [5, 5.41) is 2.81. The zero-order chi connectivity index (χ0) is 15.5. The van der Waals surface area contributed by atoms with E-state index in [1.165, 1.54) is 18.2 Å². The summed E-state index contributed by atoms with van der Waals surface area (Å²) in [6, 6.07) is 9.79. The lowest BCUT2D eigenvalue weighted by atomic mass is 10.2. The molecule has 0 atom stereocenters. The van der Waals surface area contributed by atoms with E-state index < -0.39 is 0 Å². The Balaban J connectivity index is 1.61. The Hall–Kier alpha value is -2.21. The molecule has 0 aliphatic heterocycles. The highest BCUT2D eigenvalue weighted by molar-refractivity contribution is 9.10. The molecule has 0 saturated heterocycles. The normalized spacial score (nSPS) is 10.8. The molecule has 2 heterocycles. The number of halogens is 2. The van der Waals surface area contributed by atoms with Crippen molar-refractivity contribution in [3.05, 3.63) is 70.3 Å². The first-order valence-electron chi connectivity index (χ1n) is 6.79. The van der Waals surface area contributed by atoms with E-state index in [-0.39, 0.29) is 11.7 Å². The predicted octanol–water partition coefficient (Wildman–Crippen LogP) is 3.21. The molecule has 0 aliphatic carbocycles. The molecule has 1 N–H and O–H groups in total. The largest absolute Gasteiger partial charge is 0.352 e. The number of hydrogen-bond acceptors (Lipinski definition) is 2. The van der Waals surface area contributed by atoms with E-state index in [0.717, 1.165) is 11.3 Å². The van der Waals surface area contributed by atoms with Crippen molar-refractivity contribution in [2.45, 2.75) is 6.42 Å². The molecule has 0 unspecified atom stereocenters. The van der Waals surface area contributed by atoms with Gasteiger partial charge in [-0.25, -0.2) is 9.37 Å². The first-order chi connectivity index (χ1) is 10.6. The third kappa shape index (κ3) is 3.17. The molecule has 3 rings (SSSR count). The van der Waals surface area contributed by atoms with Crippen molar-refractivity contribution in [1.82, 2.24) is 14.7 Å². The van der Waals surface area contributed by atoms with Crippen molar-refractivity contribution in [3.8, 4) is 0 Å². The molecule has 0 bridgehead atoms. The van der Waals surface area contributed by atoms with Crippen molar-refractivity contribution in [2.75, 3.05) is 6.54 Å². The first kappa shape index (κ1) is 14.7. The molecule has 0 aliphatic rings. The highest BCUT2D eigenvalue weighted by atomic mass is 79.9. The molecule has 3 aromatic rings. The molecule has 0 spiro atoms. The van der Waals surface area contributed by atoms with Crippen LogP contribution in [-0.4, -0.2) is 21.8 Å². The lowest BCUT2D eigenvalue weighted by Crippen LogP contribution is -2.26. The number of nitrogens with zero attached hydrogens (tertiary/aromatic N) is 2. The summed E-state index contributed by atoms with van der Waals surface area (Å²) in [5.41, 5.74) is 2.20. The molecule has 1 amide bonds. The Bertz CT molecular complexity index is 798. The van der Waals surface area contributed by atoms with E-state index in [1.54, 1.807) is 0 Å². The van der Waals surface area contributed by atoms with Gasteiger partial charge in [-0.1, -0.05) is 6.07 Å². The van der Waals surface area contributed by atoms with Crippen LogP contribution in [0.25, 0.3) is 5.65 Å². The zero-order valence-corrected chi connectivity index (χ0v) is 13.2. The van der Waals surface area contributed by atoms with Crippen molar-refractivity contribution < 1.29 is 9.18 Å². The quantitative estimate of drug-likeness (QED) is 0.775. The summed E-state index contributed by atoms with van der Waals surface area (Å²) in [6.07, 6.45) is 4.50. The van der Waals surface area contributed by atoms with Crippen molar-refractivity contribution in [3.63, 3.8) is 0 Å². The number of fused-ring (bicyclic) bond motifs is 1. The number of imidazole rings is 1. The predicted molar refractivity (Wildman–Crippen MR) is 85.3 cm³/mol. The van der Waals surface area contributed by atoms with E-state index in [1.807, 2.05) is 35.0 Å². The number of pyridine rings is 1. The standard InChI is InChI=1S/C16H13BrFN3O/c17-14-9-11(18)4-5-13(14)16(22)19-7-6-12-10-21-8-2-1-3-15(21)20-12/h1-5,8-10H,6-7H2,(H,19,22). The minimum absolute atomic E-state index is 0.240. The molecule has 1 aromatic carbocycles. The van der Waals surface area contributed by atoms with E-state index in [9.17, 15) is 9.18 Å². The third-order valence-corrected chi connectivity index (χ3v) is 3.91. The molecule has 112 valence electrons. The Kier molecular flexibility index (Phi) is 4.20. The summed E-state index contributed by atoms with van der Waals surface area (Å²) in [4.78, 5) is 16.5. The van der Waals surface area contributed by atoms with Gasteiger partial charge in [0.25, 0.3) is 5.91 Å². The van der Waals surface area contributed by atoms with Gasteiger partial charge in [0.1, 0.15) is 11.5 Å². The van der Waals surface area contributed by atoms with Gasteiger partial charge in [0, 0.05) is 29.8 Å². The van der Waals surface area contributed by atoms with Crippen LogP contribution in [0.5, 0.6) is 0 Å². The number of carbonyl (C=O) groups is 1. The number of rotatable bonds is 4. The van der Waals surface area contributed by atoms with E-state index in [4.69, 9.17) is 0 Å². The Morgan fingerprint density at radius 3 is 2.95 bits per heavy atom. The fraction of sp³-hybridized carbons (Fsp3) is 0.125. The Morgan fingerprint density at radius 2 is 2.18 bits per heavy atom. The smallest absolute Gasteiger partial charge is 0.252 e. The van der Waals surface area contributed by atoms with Crippen LogP contribution in [0.3, 0.4) is 0 Å². The van der Waals surface area contributed by atoms with Crippen LogP contribution < -0.4 is 5.32 Å². The molecule has 0 saturated carbocycles. The van der Waals surface area contributed by atoms with E-state index in [0.29, 0.717) is 23.0 Å². The summed E-state index contributed by atoms with van der Waals surface area (Å²) < 4.78 is 15.4. The highest BCUT2D eigenvalue weighted by Crippen LogP contribution is 2.17. The first-order valence-corrected chi connectivity index (χ1v) is 7.58. The van der Waals surface area contributed by atoms with Gasteiger partial charge in [0.15, 0.2) is 0 Å². The maximum absolute atomic E-state index is 13.0. The van der Waals surface area contributed by atoms with Gasteiger partial charge in [-0.3, -0.25) is 4.79 Å². The molecule has 4 nitrogen and oxygen atoms in total. The fourth-order valence-electron chi connectivity index (χ4n) is 2.18. The van der Waals surface area contributed by atoms with E-state index in [2.05, 4.69) is 26.2 Å². The maximum atomic E-state index is 13.0. The number of amides is 1. The van der Waals surface area contributed by atoms with Crippen LogP contribution in [0.2, 0.25) is 0 Å². The van der Waals surface area contributed by atoms with Gasteiger partial charge in [0.2, 0.25) is 0 Å². The van der Waals surface area contributed by atoms with Crippen LogP contribution in [0.15, 0.2) is 53.3 Å². The lowest BCUT2D eigenvalue weighted by molar-refractivity contribution is 0.0953. The number of carbonyl (C=O) groups excluding carboxylic acids is 1. The summed E-state index contributed by atoms with van der Waals surface area (Å²) in [7, 11) is 0. The molecule has 6 heteroatoms. The number of hydrogen-bond donors (Lipinski definition) is 1. The van der Waals surface area contributed by atoms with Crippen LogP contribution in [0.4, 0.5) is 4.39 Å². The second kappa shape index (κ2) is 6.27. The molecule has 22 heavy (non-hydrogen) atoms. The molecular formula is C16H13BrFN3O. The van der Waals surface area contributed by atoms with Crippen molar-refractivity contribution in [1.29, 1.82) is 0 Å². The third-order valence-electron chi connectivity index (χ3n) is 3.26. The number of aromatic nitrogens is 2. The molecule has 0 fully saturated rings. The molecule has 0 radical (unpaired) electrons. The average Bonchev–Trinajstić information content (AvgIpc) is 2.89. The second-order valence-electron chi connectivity index (χ2n) is 4.83. The van der Waals surface area contributed by atoms with Gasteiger partial charge in [-0.15, -0.1) is 0 Å². The monoisotopic (exact) mass is 361 g/mol. The summed E-state index contributed by atoms with van der Waals surface area (Å²) in [6.45, 7) is 0.465. The van der Waals surface area contributed by atoms with Gasteiger partial charge in [-0.2, -0.15) is 0 Å². The second-order valence-corrected chi connectivity index (χ2v) is 5.68. The van der Waals surface area contributed by atoms with Crippen LogP contribution in [0.1, 0.15) is 16.1 Å². The molecule has 2 aromatic heterocycles. The molecular weight excluding hydrogens is 349 g/mol. The minimum atomic E-state index is -0.381. The van der Waals surface area contributed by atoms with Gasteiger partial charge in [-0.05, 0) is 46.3 Å². The Labute approximate surface area is 135 Å². The number of nitrogens with one attached hydrogen (secondary N) is 1. The Morgan fingerprint density at radius 1 is 1.32 bits per heavy atom. The van der Waals surface area contributed by atoms with E-state index >= 15 is 0 Å². The highest BCUT2D eigenvalue weighted by Gasteiger charge is 2.10. The van der Waals surface area contributed by atoms with Crippen LogP contribution in [0, 0.1) is 5.82 Å². The fourth-order valence-corrected chi connectivity index (χ4v) is 2.71. The van der Waals surface area contributed by atoms with Gasteiger partial charge < -0.3 is 9.72 Å². The summed E-state index contributed by atoms with van der Waals surface area (Å²) in [5.74, 6) is -0.622. The zero-order valence-electron chi connectivity index (χ0n) is 11.6. The van der Waals surface area contributed by atoms with Gasteiger partial charge >= 0.3 is 0 Å². The van der Waals surface area contributed by atoms with Crippen molar-refractivity contribution in [2.24, 2.45) is 0 Å². The lowest BCUT2D eigenvalue weighted by Gasteiger charge is -2.06. The van der Waals surface area contributed by atoms with Crippen LogP contribution in [-0.2, 0) is 6.42 Å². The number of benzene rings is 1.